The standard InChI is InChI=1S/C17H15Cl3N4OS/c1-23(13-5-2-11(18)3-6-13)8-9-24-16(25)22-26-17(24)21-12-4-7-14(19)15(20)10-12/h2-7,10H,8-9H2,1H3,(H,22,25)/b21-17+. The molecule has 1 aromatic heterocycles. The smallest absolute Gasteiger partial charge is 0.337 e. The molecule has 0 aliphatic heterocycles. The highest BCUT2D eigenvalue weighted by Crippen LogP contribution is 2.26. The lowest BCUT2D eigenvalue weighted by Crippen LogP contribution is -2.32. The van der Waals surface area contributed by atoms with Gasteiger partial charge in [-0.15, -0.1) is 0 Å². The summed E-state index contributed by atoms with van der Waals surface area (Å²) in [6.07, 6.45) is 0. The number of benzene rings is 2. The average Bonchev–Trinajstić information content (AvgIpc) is 2.96. The van der Waals surface area contributed by atoms with Gasteiger partial charge < -0.3 is 4.90 Å². The van der Waals surface area contributed by atoms with Crippen LogP contribution >= 0.6 is 46.3 Å². The minimum atomic E-state index is -0.196. The minimum absolute atomic E-state index is 0.196. The molecular formula is C17H15Cl3N4OS. The minimum Gasteiger partial charge on any atom is -0.373 e. The summed E-state index contributed by atoms with van der Waals surface area (Å²) in [7, 11) is 1.96. The van der Waals surface area contributed by atoms with Gasteiger partial charge in [0, 0.05) is 30.8 Å². The predicted octanol–water partition coefficient (Wildman–Crippen LogP) is 4.57. The van der Waals surface area contributed by atoms with Crippen LogP contribution in [0.15, 0.2) is 52.3 Å². The van der Waals surface area contributed by atoms with Crippen LogP contribution in [0.25, 0.3) is 0 Å². The van der Waals surface area contributed by atoms with E-state index in [4.69, 9.17) is 34.8 Å². The van der Waals surface area contributed by atoms with Gasteiger partial charge in [-0.3, -0.25) is 8.94 Å². The molecule has 0 saturated heterocycles. The van der Waals surface area contributed by atoms with Crippen molar-refractivity contribution in [1.29, 1.82) is 0 Å². The van der Waals surface area contributed by atoms with Crippen LogP contribution in [0, 0.1) is 0 Å². The van der Waals surface area contributed by atoms with E-state index in [0.29, 0.717) is 38.6 Å². The maximum atomic E-state index is 12.1. The van der Waals surface area contributed by atoms with Crippen molar-refractivity contribution in [2.24, 2.45) is 4.99 Å². The van der Waals surface area contributed by atoms with E-state index >= 15 is 0 Å². The van der Waals surface area contributed by atoms with Gasteiger partial charge in [-0.1, -0.05) is 34.8 Å². The van der Waals surface area contributed by atoms with Crippen LogP contribution in [-0.2, 0) is 6.54 Å². The summed E-state index contributed by atoms with van der Waals surface area (Å²) in [5.41, 5.74) is 1.46. The van der Waals surface area contributed by atoms with Gasteiger partial charge in [-0.25, -0.2) is 9.79 Å². The number of likely N-dealkylation sites (N-methyl/N-ethyl adjacent to an activating group) is 1. The van der Waals surface area contributed by atoms with E-state index in [2.05, 4.69) is 9.37 Å². The molecule has 0 amide bonds. The lowest BCUT2D eigenvalue weighted by molar-refractivity contribution is 0.641. The van der Waals surface area contributed by atoms with E-state index in [1.54, 1.807) is 22.8 Å². The van der Waals surface area contributed by atoms with Gasteiger partial charge in [0.2, 0.25) is 4.80 Å². The first-order valence-corrected chi connectivity index (χ1v) is 9.64. The van der Waals surface area contributed by atoms with Gasteiger partial charge in [0.15, 0.2) is 0 Å². The Morgan fingerprint density at radius 3 is 2.54 bits per heavy atom. The van der Waals surface area contributed by atoms with Crippen molar-refractivity contribution >= 4 is 57.7 Å². The zero-order valence-corrected chi connectivity index (χ0v) is 16.8. The molecule has 0 saturated carbocycles. The number of halogens is 3. The van der Waals surface area contributed by atoms with Gasteiger partial charge in [-0.05, 0) is 54.0 Å². The Labute approximate surface area is 169 Å². The molecular weight excluding hydrogens is 415 g/mol. The predicted molar refractivity (Wildman–Crippen MR) is 109 cm³/mol. The van der Waals surface area contributed by atoms with Crippen molar-refractivity contribution in [3.05, 3.63) is 72.8 Å². The molecule has 9 heteroatoms. The third-order valence-electron chi connectivity index (χ3n) is 3.76. The largest absolute Gasteiger partial charge is 0.373 e. The number of H-pyrrole nitrogens is 1. The van der Waals surface area contributed by atoms with Crippen LogP contribution in [0.1, 0.15) is 0 Å². The molecule has 3 aromatic rings. The zero-order chi connectivity index (χ0) is 18.7. The third-order valence-corrected chi connectivity index (χ3v) is 5.52. The van der Waals surface area contributed by atoms with Crippen molar-refractivity contribution in [3.8, 4) is 0 Å². The molecule has 0 aliphatic rings. The van der Waals surface area contributed by atoms with Crippen molar-refractivity contribution in [1.82, 2.24) is 8.94 Å². The SMILES string of the molecule is CN(CCn1c(=O)[nH]s/c1=N/c1ccc(Cl)c(Cl)c1)c1ccc(Cl)cc1. The lowest BCUT2D eigenvalue weighted by atomic mass is 10.3. The van der Waals surface area contributed by atoms with E-state index in [9.17, 15) is 4.79 Å². The Balaban J connectivity index is 1.81. The Hall–Kier alpha value is -1.73. The molecule has 0 radical (unpaired) electrons. The van der Waals surface area contributed by atoms with Crippen LogP contribution in [0.3, 0.4) is 0 Å². The number of aromatic nitrogens is 2. The average molecular weight is 430 g/mol. The molecule has 0 unspecified atom stereocenters. The number of hydrogen-bond acceptors (Lipinski definition) is 4. The summed E-state index contributed by atoms with van der Waals surface area (Å²) in [4.78, 5) is 19.2. The van der Waals surface area contributed by atoms with Crippen molar-refractivity contribution in [2.75, 3.05) is 18.5 Å². The quantitative estimate of drug-likeness (QED) is 0.646. The third kappa shape index (κ3) is 4.51. The zero-order valence-electron chi connectivity index (χ0n) is 13.7. The van der Waals surface area contributed by atoms with Crippen LogP contribution in [-0.4, -0.2) is 22.5 Å². The lowest BCUT2D eigenvalue weighted by Gasteiger charge is -2.19. The molecule has 136 valence electrons. The van der Waals surface area contributed by atoms with Crippen LogP contribution < -0.4 is 15.4 Å². The molecule has 3 rings (SSSR count). The molecule has 26 heavy (non-hydrogen) atoms. The highest BCUT2D eigenvalue weighted by molar-refractivity contribution is 7.02. The number of nitrogens with zero attached hydrogens (tertiary/aromatic N) is 3. The Morgan fingerprint density at radius 1 is 1.12 bits per heavy atom. The fourth-order valence-corrected chi connectivity index (χ4v) is 3.45. The Morgan fingerprint density at radius 2 is 1.85 bits per heavy atom. The summed E-state index contributed by atoms with van der Waals surface area (Å²) in [6, 6.07) is 12.6. The second-order valence-corrected chi connectivity index (χ2v) is 7.58. The molecule has 0 spiro atoms. The first-order chi connectivity index (χ1) is 12.4. The molecule has 0 fully saturated rings. The summed E-state index contributed by atoms with van der Waals surface area (Å²) < 4.78 is 4.31. The number of nitrogens with one attached hydrogen (secondary N) is 1. The highest BCUT2D eigenvalue weighted by atomic mass is 35.5. The molecule has 0 aliphatic carbocycles. The van der Waals surface area contributed by atoms with Crippen LogP contribution in [0.2, 0.25) is 15.1 Å². The highest BCUT2D eigenvalue weighted by Gasteiger charge is 2.06. The summed E-state index contributed by atoms with van der Waals surface area (Å²) in [5.74, 6) is 0. The Kier molecular flexibility index (Phi) is 6.09. The molecule has 0 bridgehead atoms. The van der Waals surface area contributed by atoms with Crippen molar-refractivity contribution in [2.45, 2.75) is 6.54 Å². The molecule has 0 atom stereocenters. The maximum Gasteiger partial charge on any atom is 0.337 e. The Bertz CT molecular complexity index is 1020. The van der Waals surface area contributed by atoms with Gasteiger partial charge in [0.05, 0.1) is 15.7 Å². The second-order valence-electron chi connectivity index (χ2n) is 5.55. The fraction of sp³-hybridized carbons (Fsp3) is 0.176. The molecule has 2 aromatic carbocycles. The van der Waals surface area contributed by atoms with Crippen LogP contribution in [0.5, 0.6) is 0 Å². The first-order valence-electron chi connectivity index (χ1n) is 7.69. The number of aromatic amines is 1. The van der Waals surface area contributed by atoms with E-state index < -0.39 is 0 Å². The fourth-order valence-electron chi connectivity index (χ4n) is 2.31. The van der Waals surface area contributed by atoms with E-state index in [1.807, 2.05) is 36.2 Å². The van der Waals surface area contributed by atoms with Gasteiger partial charge in [0.1, 0.15) is 0 Å². The second kappa shape index (κ2) is 8.31. The van der Waals surface area contributed by atoms with Crippen molar-refractivity contribution < 1.29 is 0 Å². The van der Waals surface area contributed by atoms with Crippen molar-refractivity contribution in [3.63, 3.8) is 0 Å². The number of anilines is 1. The van der Waals surface area contributed by atoms with Crippen LogP contribution in [0.4, 0.5) is 11.4 Å². The molecule has 1 N–H and O–H groups in total. The summed E-state index contributed by atoms with van der Waals surface area (Å²) in [5, 5.41) is 1.57. The number of rotatable bonds is 5. The van der Waals surface area contributed by atoms with E-state index in [-0.39, 0.29) is 5.69 Å². The number of hydrogen-bond donors (Lipinski definition) is 1. The summed E-state index contributed by atoms with van der Waals surface area (Å²) >= 11 is 19.0. The maximum absolute atomic E-state index is 12.1. The van der Waals surface area contributed by atoms with Gasteiger partial charge >= 0.3 is 5.69 Å². The topological polar surface area (TPSA) is 53.4 Å². The van der Waals surface area contributed by atoms with E-state index in [1.165, 1.54) is 11.5 Å². The first kappa shape index (κ1) is 19.0. The summed E-state index contributed by atoms with van der Waals surface area (Å²) in [6.45, 7) is 1.12. The molecule has 1 heterocycles. The van der Waals surface area contributed by atoms with Gasteiger partial charge in [-0.2, -0.15) is 0 Å². The van der Waals surface area contributed by atoms with E-state index in [0.717, 1.165) is 5.69 Å². The normalized spacial score (nSPS) is 11.8. The molecule has 5 nitrogen and oxygen atoms in total. The van der Waals surface area contributed by atoms with Gasteiger partial charge in [0.25, 0.3) is 0 Å². The monoisotopic (exact) mass is 428 g/mol.